The normalized spacial score (nSPS) is 13.5. The van der Waals surface area contributed by atoms with Crippen molar-refractivity contribution in [1.29, 1.82) is 0 Å². The van der Waals surface area contributed by atoms with Crippen LogP contribution in [0.25, 0.3) is 64.5 Å². The van der Waals surface area contributed by atoms with E-state index in [-0.39, 0.29) is 21.7 Å². The van der Waals surface area contributed by atoms with E-state index in [2.05, 4.69) is 166 Å². The topological polar surface area (TPSA) is 31.6 Å². The van der Waals surface area contributed by atoms with Crippen molar-refractivity contribution in [3.05, 3.63) is 95.1 Å². The van der Waals surface area contributed by atoms with Crippen molar-refractivity contribution in [3.63, 3.8) is 0 Å². The fourth-order valence-corrected chi connectivity index (χ4v) is 7.87. The van der Waals surface area contributed by atoms with Crippen LogP contribution in [0.3, 0.4) is 0 Å². The summed E-state index contributed by atoms with van der Waals surface area (Å²) in [7, 11) is 0. The minimum absolute atomic E-state index is 0.0255. The summed E-state index contributed by atoms with van der Waals surface area (Å²) in [5, 5.41) is 5.24. The summed E-state index contributed by atoms with van der Waals surface area (Å²) in [5.74, 6) is 0. The maximum atomic E-state index is 3.85. The highest BCUT2D eigenvalue weighted by atomic mass is 32.1. The maximum absolute atomic E-state index is 3.85. The molecule has 2 N–H and O–H groups in total. The van der Waals surface area contributed by atoms with Crippen molar-refractivity contribution >= 4 is 54.9 Å². The Morgan fingerprint density at radius 1 is 0.383 bits per heavy atom. The molecule has 0 atom stereocenters. The van der Waals surface area contributed by atoms with E-state index >= 15 is 0 Å². The second-order valence-electron chi connectivity index (χ2n) is 17.8. The van der Waals surface area contributed by atoms with Gasteiger partial charge in [0.25, 0.3) is 0 Å². The van der Waals surface area contributed by atoms with Crippen LogP contribution in [0.4, 0.5) is 0 Å². The van der Waals surface area contributed by atoms with E-state index in [4.69, 9.17) is 0 Å². The van der Waals surface area contributed by atoms with Crippen LogP contribution in [-0.4, -0.2) is 9.97 Å². The zero-order valence-corrected chi connectivity index (χ0v) is 31.2. The number of H-pyrrole nitrogens is 2. The minimum atomic E-state index is 0.0255. The largest absolute Gasteiger partial charge is 0.354 e. The third-order valence-electron chi connectivity index (χ3n) is 10.0. The molecule has 3 aromatic heterocycles. The Hall–Kier alpha value is -3.82. The van der Waals surface area contributed by atoms with Gasteiger partial charge < -0.3 is 9.97 Å². The lowest BCUT2D eigenvalue weighted by Gasteiger charge is -2.21. The van der Waals surface area contributed by atoms with Crippen molar-refractivity contribution in [1.82, 2.24) is 9.97 Å². The summed E-state index contributed by atoms with van der Waals surface area (Å²) >= 11 is 1.90. The van der Waals surface area contributed by atoms with Crippen LogP contribution in [0.2, 0.25) is 0 Å². The molecule has 0 aliphatic rings. The first-order valence-corrected chi connectivity index (χ1v) is 17.9. The van der Waals surface area contributed by atoms with Crippen LogP contribution in [0.1, 0.15) is 105 Å². The molecule has 47 heavy (non-hydrogen) atoms. The Balaban J connectivity index is 1.46. The Kier molecular flexibility index (Phi) is 6.99. The van der Waals surface area contributed by atoms with Gasteiger partial charge in [-0.05, 0) is 105 Å². The third kappa shape index (κ3) is 5.51. The van der Waals surface area contributed by atoms with Gasteiger partial charge in [-0.15, -0.1) is 11.3 Å². The molecule has 0 spiro atoms. The molecule has 0 aliphatic carbocycles. The lowest BCUT2D eigenvalue weighted by atomic mass is 9.84. The second-order valence-corrected chi connectivity index (χ2v) is 18.9. The number of hydrogen-bond donors (Lipinski definition) is 2. The van der Waals surface area contributed by atoms with Gasteiger partial charge in [0.1, 0.15) is 0 Å². The monoisotopic (exact) mass is 638 g/mol. The van der Waals surface area contributed by atoms with E-state index in [1.165, 1.54) is 86.7 Å². The zero-order valence-electron chi connectivity index (χ0n) is 30.3. The standard InChI is InChI=1S/C44H50N2S/c1-41(2,3)25-13-15-35-29(19-25)31-21-27(43(7,8)9)23-33(39(31)45-35)37-17-18-38(47-37)34-24-28(44(10,11)12)22-32-30-20-26(42(4,5)6)14-16-36(30)46-40(32)34/h13-24,45-46H,1-12H3. The van der Waals surface area contributed by atoms with Gasteiger partial charge in [-0.25, -0.2) is 0 Å². The molecule has 0 amide bonds. The van der Waals surface area contributed by atoms with Crippen LogP contribution in [-0.2, 0) is 21.7 Å². The van der Waals surface area contributed by atoms with E-state index in [0.29, 0.717) is 0 Å². The summed E-state index contributed by atoms with van der Waals surface area (Å²) in [6, 6.07) is 28.3. The van der Waals surface area contributed by atoms with Gasteiger partial charge in [0.2, 0.25) is 0 Å². The van der Waals surface area contributed by atoms with Gasteiger partial charge in [0.05, 0.1) is 11.0 Å². The predicted octanol–water partition coefficient (Wildman–Crippen LogP) is 13.5. The molecule has 0 radical (unpaired) electrons. The summed E-state index contributed by atoms with van der Waals surface area (Å²) in [4.78, 5) is 10.3. The predicted molar refractivity (Wildman–Crippen MR) is 209 cm³/mol. The number of nitrogens with one attached hydrogen (secondary N) is 2. The highest BCUT2D eigenvalue weighted by molar-refractivity contribution is 7.19. The molecule has 0 aliphatic heterocycles. The summed E-state index contributed by atoms with van der Waals surface area (Å²) in [6.07, 6.45) is 0. The van der Waals surface area contributed by atoms with Crippen LogP contribution >= 0.6 is 11.3 Å². The van der Waals surface area contributed by atoms with Crippen LogP contribution in [0, 0.1) is 0 Å². The Labute approximate surface area is 284 Å². The number of aromatic nitrogens is 2. The molecule has 0 unspecified atom stereocenters. The quantitative estimate of drug-likeness (QED) is 0.189. The van der Waals surface area contributed by atoms with Crippen molar-refractivity contribution in [2.75, 3.05) is 0 Å². The zero-order chi connectivity index (χ0) is 33.8. The Morgan fingerprint density at radius 3 is 1.06 bits per heavy atom. The molecular weight excluding hydrogens is 589 g/mol. The molecule has 3 heteroatoms. The van der Waals surface area contributed by atoms with Crippen LogP contribution in [0.15, 0.2) is 72.8 Å². The molecule has 0 fully saturated rings. The molecule has 0 bridgehead atoms. The van der Waals surface area contributed by atoms with E-state index in [1.807, 2.05) is 11.3 Å². The first kappa shape index (κ1) is 31.8. The SMILES string of the molecule is CC(C)(C)c1ccc2[nH]c3c(-c4ccc(-c5cc(C(C)(C)C)cc6c5[nH]c5ccc(C(C)(C)C)cc56)s4)cc(C(C)(C)C)cc3c2c1. The van der Waals surface area contributed by atoms with Crippen molar-refractivity contribution in [2.24, 2.45) is 0 Å². The number of hydrogen-bond acceptors (Lipinski definition) is 1. The molecule has 7 aromatic rings. The van der Waals surface area contributed by atoms with E-state index in [9.17, 15) is 0 Å². The third-order valence-corrected chi connectivity index (χ3v) is 11.2. The maximum Gasteiger partial charge on any atom is 0.0552 e. The van der Waals surface area contributed by atoms with Gasteiger partial charge in [-0.1, -0.05) is 95.2 Å². The average molecular weight is 639 g/mol. The average Bonchev–Trinajstić information content (AvgIpc) is 3.69. The van der Waals surface area contributed by atoms with Crippen LogP contribution < -0.4 is 0 Å². The summed E-state index contributed by atoms with van der Waals surface area (Å²) in [6.45, 7) is 27.7. The number of aromatic amines is 2. The van der Waals surface area contributed by atoms with Gasteiger partial charge in [0, 0.05) is 53.5 Å². The van der Waals surface area contributed by atoms with Crippen molar-refractivity contribution in [3.8, 4) is 20.9 Å². The second kappa shape index (κ2) is 10.3. The lowest BCUT2D eigenvalue weighted by Crippen LogP contribution is -2.11. The van der Waals surface area contributed by atoms with Gasteiger partial charge in [0.15, 0.2) is 0 Å². The molecule has 0 saturated carbocycles. The summed E-state index contributed by atoms with van der Waals surface area (Å²) in [5.41, 5.74) is 13.1. The molecular formula is C44H50N2S. The highest BCUT2D eigenvalue weighted by Gasteiger charge is 2.24. The first-order valence-electron chi connectivity index (χ1n) is 17.1. The Bertz CT molecular complexity index is 2160. The molecule has 0 saturated heterocycles. The van der Waals surface area contributed by atoms with Crippen LogP contribution in [0.5, 0.6) is 0 Å². The van der Waals surface area contributed by atoms with Gasteiger partial charge in [-0.2, -0.15) is 0 Å². The highest BCUT2D eigenvalue weighted by Crippen LogP contribution is 2.45. The van der Waals surface area contributed by atoms with E-state index in [0.717, 1.165) is 0 Å². The molecule has 7 rings (SSSR count). The van der Waals surface area contributed by atoms with Crippen molar-refractivity contribution in [2.45, 2.75) is 105 Å². The number of benzene rings is 4. The number of thiophene rings is 1. The summed E-state index contributed by atoms with van der Waals surface area (Å²) < 4.78 is 0. The lowest BCUT2D eigenvalue weighted by molar-refractivity contribution is 0.590. The van der Waals surface area contributed by atoms with E-state index in [1.54, 1.807) is 0 Å². The fourth-order valence-electron chi connectivity index (χ4n) is 6.81. The Morgan fingerprint density at radius 2 is 0.723 bits per heavy atom. The minimum Gasteiger partial charge on any atom is -0.354 e. The van der Waals surface area contributed by atoms with Gasteiger partial charge in [-0.3, -0.25) is 0 Å². The number of fused-ring (bicyclic) bond motifs is 6. The van der Waals surface area contributed by atoms with Gasteiger partial charge >= 0.3 is 0 Å². The molecule has 3 heterocycles. The van der Waals surface area contributed by atoms with E-state index < -0.39 is 0 Å². The number of rotatable bonds is 2. The van der Waals surface area contributed by atoms with Crippen molar-refractivity contribution < 1.29 is 0 Å². The molecule has 242 valence electrons. The molecule has 2 nitrogen and oxygen atoms in total. The molecule has 4 aromatic carbocycles. The fraction of sp³-hybridized carbons (Fsp3) is 0.364. The first-order chi connectivity index (χ1) is 21.8. The smallest absolute Gasteiger partial charge is 0.0552 e.